The van der Waals surface area contributed by atoms with E-state index in [1.54, 1.807) is 24.3 Å². The molecule has 2 rings (SSSR count). The van der Waals surface area contributed by atoms with Crippen LogP contribution >= 0.6 is 23.2 Å². The molecule has 0 saturated carbocycles. The molecule has 0 heterocycles. The van der Waals surface area contributed by atoms with Gasteiger partial charge in [-0.2, -0.15) is 0 Å². The molecule has 6 heteroatoms. The van der Waals surface area contributed by atoms with Gasteiger partial charge in [-0.1, -0.05) is 35.3 Å². The molecule has 0 aliphatic rings. The Morgan fingerprint density at radius 1 is 1.16 bits per heavy atom. The average Bonchev–Trinajstić information content (AvgIpc) is 2.38. The zero-order chi connectivity index (χ0) is 14.0. The fourth-order valence-corrected chi connectivity index (χ4v) is 3.11. The fourth-order valence-electron chi connectivity index (χ4n) is 1.53. The topological polar surface area (TPSA) is 43.1 Å². The van der Waals surface area contributed by atoms with Crippen LogP contribution in [0.3, 0.4) is 0 Å². The lowest BCUT2D eigenvalue weighted by atomic mass is 10.2. The highest BCUT2D eigenvalue weighted by molar-refractivity contribution is 7.84. The molecule has 0 spiro atoms. The molecule has 2 nitrogen and oxygen atoms in total. The first-order valence-corrected chi connectivity index (χ1v) is 7.43. The number of anilines is 1. The first-order chi connectivity index (χ1) is 8.99. The molecule has 0 fully saturated rings. The summed E-state index contributed by atoms with van der Waals surface area (Å²) in [6.07, 6.45) is 0. The summed E-state index contributed by atoms with van der Waals surface area (Å²) in [5.41, 5.74) is 6.29. The van der Waals surface area contributed by atoms with Crippen molar-refractivity contribution in [1.29, 1.82) is 0 Å². The van der Waals surface area contributed by atoms with Crippen LogP contribution in [0.2, 0.25) is 10.0 Å². The number of benzene rings is 2. The molecule has 0 radical (unpaired) electrons. The van der Waals surface area contributed by atoms with Gasteiger partial charge >= 0.3 is 0 Å². The predicted octanol–water partition coefficient (Wildman–Crippen LogP) is 4.02. The molecule has 2 aromatic rings. The van der Waals surface area contributed by atoms with Crippen molar-refractivity contribution in [2.75, 3.05) is 5.73 Å². The summed E-state index contributed by atoms with van der Waals surface area (Å²) >= 11 is 11.5. The van der Waals surface area contributed by atoms with Gasteiger partial charge in [0.2, 0.25) is 0 Å². The maximum absolute atomic E-state index is 13.7. The van der Waals surface area contributed by atoms with E-state index >= 15 is 0 Å². The third kappa shape index (κ3) is 3.26. The van der Waals surface area contributed by atoms with E-state index in [9.17, 15) is 8.60 Å². The monoisotopic (exact) mass is 317 g/mol. The molecule has 1 atom stereocenters. The summed E-state index contributed by atoms with van der Waals surface area (Å²) in [4.78, 5) is 0.499. The molecule has 0 amide bonds. The molecule has 1 unspecified atom stereocenters. The maximum Gasteiger partial charge on any atom is 0.145 e. The maximum atomic E-state index is 13.7. The Bertz CT molecular complexity index is 649. The van der Waals surface area contributed by atoms with Crippen LogP contribution in [0.5, 0.6) is 0 Å². The van der Waals surface area contributed by atoms with Crippen LogP contribution in [0.1, 0.15) is 5.56 Å². The zero-order valence-electron chi connectivity index (χ0n) is 9.70. The average molecular weight is 318 g/mol. The quantitative estimate of drug-likeness (QED) is 0.869. The van der Waals surface area contributed by atoms with E-state index in [-0.39, 0.29) is 10.8 Å². The molecule has 2 aromatic carbocycles. The number of rotatable bonds is 3. The Labute approximate surface area is 122 Å². The highest BCUT2D eigenvalue weighted by Gasteiger charge is 2.12. The van der Waals surface area contributed by atoms with Gasteiger partial charge in [-0.3, -0.25) is 4.21 Å². The van der Waals surface area contributed by atoms with E-state index in [2.05, 4.69) is 0 Å². The van der Waals surface area contributed by atoms with Gasteiger partial charge in [0.25, 0.3) is 0 Å². The first-order valence-electron chi connectivity index (χ1n) is 5.35. The Balaban J connectivity index is 2.26. The van der Waals surface area contributed by atoms with Gasteiger partial charge in [-0.05, 0) is 24.3 Å². The second-order valence-corrected chi connectivity index (χ2v) is 6.15. The molecule has 0 aliphatic heterocycles. The number of nitrogen functional groups attached to an aromatic ring is 1. The SMILES string of the molecule is Nc1ccc(S(=O)Cc2cccc(Cl)c2F)cc1Cl. The van der Waals surface area contributed by atoms with Crippen molar-refractivity contribution in [3.8, 4) is 0 Å². The predicted molar refractivity (Wildman–Crippen MR) is 77.4 cm³/mol. The van der Waals surface area contributed by atoms with Crippen molar-refractivity contribution in [3.63, 3.8) is 0 Å². The van der Waals surface area contributed by atoms with E-state index < -0.39 is 16.6 Å². The lowest BCUT2D eigenvalue weighted by molar-refractivity contribution is 0.615. The standard InChI is InChI=1S/C13H10Cl2FNOS/c14-10-3-1-2-8(13(10)16)7-19(18)9-4-5-12(17)11(15)6-9/h1-6H,7,17H2. The van der Waals surface area contributed by atoms with E-state index in [0.29, 0.717) is 21.2 Å². The van der Waals surface area contributed by atoms with E-state index in [0.717, 1.165) is 0 Å². The minimum Gasteiger partial charge on any atom is -0.398 e. The Hall–Kier alpha value is -1.10. The third-order valence-electron chi connectivity index (χ3n) is 2.55. The second-order valence-electron chi connectivity index (χ2n) is 3.89. The molecule has 100 valence electrons. The normalized spacial score (nSPS) is 12.4. The summed E-state index contributed by atoms with van der Waals surface area (Å²) in [7, 11) is -1.41. The summed E-state index contributed by atoms with van der Waals surface area (Å²) in [5.74, 6) is -0.508. The van der Waals surface area contributed by atoms with Crippen LogP contribution in [-0.2, 0) is 16.6 Å². The van der Waals surface area contributed by atoms with Gasteiger partial charge in [0.15, 0.2) is 0 Å². The van der Waals surface area contributed by atoms with Crippen molar-refractivity contribution < 1.29 is 8.60 Å². The number of hydrogen-bond acceptors (Lipinski definition) is 2. The first kappa shape index (κ1) is 14.3. The zero-order valence-corrected chi connectivity index (χ0v) is 12.0. The van der Waals surface area contributed by atoms with Crippen LogP contribution in [0.25, 0.3) is 0 Å². The number of nitrogens with two attached hydrogens (primary N) is 1. The van der Waals surface area contributed by atoms with Gasteiger partial charge in [-0.15, -0.1) is 0 Å². The Morgan fingerprint density at radius 2 is 1.89 bits per heavy atom. The van der Waals surface area contributed by atoms with E-state index in [1.165, 1.54) is 12.1 Å². The summed E-state index contributed by atoms with van der Waals surface area (Å²) in [5, 5.41) is 0.349. The van der Waals surface area contributed by atoms with Gasteiger partial charge in [0.05, 0.1) is 32.3 Å². The minimum absolute atomic E-state index is 0.0184. The highest BCUT2D eigenvalue weighted by Crippen LogP contribution is 2.24. The van der Waals surface area contributed by atoms with Crippen molar-refractivity contribution in [3.05, 3.63) is 57.8 Å². The van der Waals surface area contributed by atoms with Crippen LogP contribution in [0.4, 0.5) is 10.1 Å². The molecule has 0 aromatic heterocycles. The van der Waals surface area contributed by atoms with Crippen LogP contribution in [0.15, 0.2) is 41.3 Å². The number of hydrogen-bond donors (Lipinski definition) is 1. The molecule has 0 aliphatic carbocycles. The Morgan fingerprint density at radius 3 is 2.58 bits per heavy atom. The van der Waals surface area contributed by atoms with E-state index in [1.807, 2.05) is 0 Å². The van der Waals surface area contributed by atoms with Crippen LogP contribution < -0.4 is 5.73 Å². The van der Waals surface area contributed by atoms with Crippen molar-refractivity contribution in [1.82, 2.24) is 0 Å². The third-order valence-corrected chi connectivity index (χ3v) is 4.53. The summed E-state index contributed by atoms with van der Waals surface area (Å²) in [6.45, 7) is 0. The van der Waals surface area contributed by atoms with Gasteiger partial charge in [0, 0.05) is 10.5 Å². The summed E-state index contributed by atoms with van der Waals surface area (Å²) < 4.78 is 25.9. The molecule has 2 N–H and O–H groups in total. The van der Waals surface area contributed by atoms with Crippen molar-refractivity contribution >= 4 is 39.7 Å². The van der Waals surface area contributed by atoms with Crippen molar-refractivity contribution in [2.24, 2.45) is 0 Å². The highest BCUT2D eigenvalue weighted by atomic mass is 35.5. The van der Waals surface area contributed by atoms with Gasteiger partial charge in [-0.25, -0.2) is 4.39 Å². The summed E-state index contributed by atoms with van der Waals surface area (Å²) in [6, 6.07) is 9.33. The van der Waals surface area contributed by atoms with Crippen LogP contribution in [0, 0.1) is 5.82 Å². The molecular weight excluding hydrogens is 308 g/mol. The molecular formula is C13H10Cl2FNOS. The van der Waals surface area contributed by atoms with Gasteiger partial charge in [0.1, 0.15) is 5.82 Å². The van der Waals surface area contributed by atoms with E-state index in [4.69, 9.17) is 28.9 Å². The lowest BCUT2D eigenvalue weighted by Crippen LogP contribution is -2.00. The van der Waals surface area contributed by atoms with Gasteiger partial charge < -0.3 is 5.73 Å². The lowest BCUT2D eigenvalue weighted by Gasteiger charge is -2.06. The largest absolute Gasteiger partial charge is 0.398 e. The van der Waals surface area contributed by atoms with Crippen LogP contribution in [-0.4, -0.2) is 4.21 Å². The Kier molecular flexibility index (Phi) is 4.45. The molecule has 0 saturated heterocycles. The second kappa shape index (κ2) is 5.90. The molecule has 0 bridgehead atoms. The van der Waals surface area contributed by atoms with Crippen molar-refractivity contribution in [2.45, 2.75) is 10.6 Å². The minimum atomic E-state index is -1.41. The fraction of sp³-hybridized carbons (Fsp3) is 0.0769. The molecule has 19 heavy (non-hydrogen) atoms. The number of halogens is 3. The smallest absolute Gasteiger partial charge is 0.145 e.